The minimum atomic E-state index is -2.67. The predicted octanol–water partition coefficient (Wildman–Crippen LogP) is 4.93. The maximum atomic E-state index is 12.8. The number of rotatable bonds is 2. The fourth-order valence-electron chi connectivity index (χ4n) is 2.43. The summed E-state index contributed by atoms with van der Waals surface area (Å²) in [5, 5.41) is 4.52. The molecule has 1 aromatic carbocycles. The number of carbonyl (C=O) groups is 1. The van der Waals surface area contributed by atoms with E-state index in [0.717, 1.165) is 12.0 Å². The summed E-state index contributed by atoms with van der Waals surface area (Å²) >= 11 is 7.63. The highest BCUT2D eigenvalue weighted by atomic mass is 35.5. The summed E-state index contributed by atoms with van der Waals surface area (Å²) in [6.07, 6.45) is -1.86. The van der Waals surface area contributed by atoms with Gasteiger partial charge in [0.05, 0.1) is 10.7 Å². The zero-order valence-electron chi connectivity index (χ0n) is 11.5. The summed E-state index contributed by atoms with van der Waals surface area (Å²) in [6, 6.07) is 5.90. The smallest absolute Gasteiger partial charge is 0.320 e. The highest BCUT2D eigenvalue weighted by Gasteiger charge is 2.23. The normalized spacial score (nSPS) is 14.1. The van der Waals surface area contributed by atoms with Crippen LogP contribution in [0.2, 0.25) is 5.02 Å². The molecule has 0 radical (unpaired) electrons. The Morgan fingerprint density at radius 1 is 1.36 bits per heavy atom. The number of anilines is 1. The van der Waals surface area contributed by atoms with Crippen LogP contribution < -0.4 is 5.32 Å². The number of thiophene rings is 1. The summed E-state index contributed by atoms with van der Waals surface area (Å²) < 4.78 is 25.6. The first kappa shape index (κ1) is 15.2. The second-order valence-corrected chi connectivity index (χ2v) is 6.36. The number of alkyl halides is 2. The van der Waals surface area contributed by atoms with Gasteiger partial charge in [0.15, 0.2) is 0 Å². The molecule has 3 rings (SSSR count). The summed E-state index contributed by atoms with van der Waals surface area (Å²) in [6.45, 7) is 1.13. The van der Waals surface area contributed by atoms with Crippen LogP contribution in [0.3, 0.4) is 0 Å². The van der Waals surface area contributed by atoms with E-state index >= 15 is 0 Å². The van der Waals surface area contributed by atoms with Crippen molar-refractivity contribution < 1.29 is 13.6 Å². The van der Waals surface area contributed by atoms with Crippen LogP contribution in [0.5, 0.6) is 0 Å². The molecule has 2 aromatic rings. The van der Waals surface area contributed by atoms with Crippen LogP contribution in [0.15, 0.2) is 29.6 Å². The molecule has 2 amide bonds. The van der Waals surface area contributed by atoms with E-state index in [2.05, 4.69) is 5.32 Å². The molecule has 1 aromatic heterocycles. The average Bonchev–Trinajstić information content (AvgIpc) is 2.96. The molecule has 3 nitrogen and oxygen atoms in total. The number of fused-ring (bicyclic) bond motifs is 1. The van der Waals surface area contributed by atoms with E-state index in [1.54, 1.807) is 16.2 Å². The van der Waals surface area contributed by atoms with E-state index in [1.165, 1.54) is 23.1 Å². The predicted molar refractivity (Wildman–Crippen MR) is 83.9 cm³/mol. The zero-order valence-corrected chi connectivity index (χ0v) is 13.1. The van der Waals surface area contributed by atoms with Gasteiger partial charge >= 0.3 is 6.03 Å². The van der Waals surface area contributed by atoms with Gasteiger partial charge in [-0.1, -0.05) is 23.7 Å². The van der Waals surface area contributed by atoms with Crippen molar-refractivity contribution in [1.29, 1.82) is 0 Å². The first-order chi connectivity index (χ1) is 10.6. The lowest BCUT2D eigenvalue weighted by atomic mass is 10.1. The number of carbonyl (C=O) groups excluding carboxylic acids is 1. The number of nitrogens with zero attached hydrogens (tertiary/aromatic N) is 1. The van der Waals surface area contributed by atoms with Crippen molar-refractivity contribution in [3.05, 3.63) is 50.7 Å². The van der Waals surface area contributed by atoms with E-state index in [4.69, 9.17) is 11.6 Å². The van der Waals surface area contributed by atoms with E-state index < -0.39 is 6.43 Å². The average molecular weight is 343 g/mol. The number of amides is 2. The molecule has 0 aliphatic carbocycles. The molecule has 0 saturated carbocycles. The van der Waals surface area contributed by atoms with Crippen LogP contribution in [0.25, 0.3) is 0 Å². The Balaban J connectivity index is 1.74. The van der Waals surface area contributed by atoms with Gasteiger partial charge in [-0.15, -0.1) is 11.3 Å². The van der Waals surface area contributed by atoms with Crippen molar-refractivity contribution in [2.75, 3.05) is 11.9 Å². The molecule has 22 heavy (non-hydrogen) atoms. The summed E-state index contributed by atoms with van der Waals surface area (Å²) in [4.78, 5) is 15.3. The summed E-state index contributed by atoms with van der Waals surface area (Å²) in [7, 11) is 0. The number of nitrogens with one attached hydrogen (secondary N) is 1. The lowest BCUT2D eigenvalue weighted by molar-refractivity contribution is 0.151. The Bertz CT molecular complexity index is 705. The van der Waals surface area contributed by atoms with Crippen molar-refractivity contribution >= 4 is 34.7 Å². The molecular formula is C15H13ClF2N2OS. The minimum absolute atomic E-state index is 0.112. The van der Waals surface area contributed by atoms with Crippen molar-refractivity contribution in [3.8, 4) is 0 Å². The molecule has 1 aliphatic rings. The van der Waals surface area contributed by atoms with Crippen molar-refractivity contribution in [2.45, 2.75) is 19.4 Å². The van der Waals surface area contributed by atoms with E-state index in [0.29, 0.717) is 13.1 Å². The van der Waals surface area contributed by atoms with Gasteiger partial charge in [-0.2, -0.15) is 0 Å². The number of halogens is 3. The highest BCUT2D eigenvalue weighted by Crippen LogP contribution is 2.33. The zero-order chi connectivity index (χ0) is 15.7. The number of benzene rings is 1. The fourth-order valence-corrected chi connectivity index (χ4v) is 3.58. The second kappa shape index (κ2) is 6.22. The second-order valence-electron chi connectivity index (χ2n) is 4.98. The highest BCUT2D eigenvalue weighted by molar-refractivity contribution is 7.10. The summed E-state index contributed by atoms with van der Waals surface area (Å²) in [5.41, 5.74) is 1.07. The van der Waals surface area contributed by atoms with Gasteiger partial charge in [-0.05, 0) is 29.5 Å². The number of urea groups is 1. The van der Waals surface area contributed by atoms with Crippen LogP contribution >= 0.6 is 22.9 Å². The molecule has 0 spiro atoms. The van der Waals surface area contributed by atoms with Gasteiger partial charge in [0.1, 0.15) is 0 Å². The third-order valence-electron chi connectivity index (χ3n) is 3.60. The maximum absolute atomic E-state index is 12.8. The van der Waals surface area contributed by atoms with E-state index in [9.17, 15) is 13.6 Å². The molecule has 0 unspecified atom stereocenters. The van der Waals surface area contributed by atoms with Crippen LogP contribution in [0.4, 0.5) is 19.3 Å². The van der Waals surface area contributed by atoms with Crippen LogP contribution in [0, 0.1) is 0 Å². The molecule has 0 fully saturated rings. The molecule has 0 saturated heterocycles. The van der Waals surface area contributed by atoms with Crippen LogP contribution in [-0.4, -0.2) is 17.5 Å². The lowest BCUT2D eigenvalue weighted by Crippen LogP contribution is -2.38. The van der Waals surface area contributed by atoms with Crippen molar-refractivity contribution in [1.82, 2.24) is 4.90 Å². The Morgan fingerprint density at radius 3 is 2.95 bits per heavy atom. The van der Waals surface area contributed by atoms with Gasteiger partial charge in [0.25, 0.3) is 6.43 Å². The standard InChI is InChI=1S/C15H13ClF2N2OS/c16-13-10(14(17)18)2-1-3-11(13)19-15(21)20-6-4-12-9(8-20)5-7-22-12/h1-3,5,7,14H,4,6,8H2,(H,19,21). The van der Waals surface area contributed by atoms with Crippen LogP contribution in [0.1, 0.15) is 22.4 Å². The van der Waals surface area contributed by atoms with Gasteiger partial charge in [-0.25, -0.2) is 13.6 Å². The Labute approximate surface area is 135 Å². The topological polar surface area (TPSA) is 32.3 Å². The Hall–Kier alpha value is -1.66. The van der Waals surface area contributed by atoms with Gasteiger partial charge in [-0.3, -0.25) is 0 Å². The molecule has 1 aliphatic heterocycles. The minimum Gasteiger partial charge on any atom is -0.320 e. The first-order valence-electron chi connectivity index (χ1n) is 6.74. The van der Waals surface area contributed by atoms with E-state index in [-0.39, 0.29) is 22.3 Å². The number of hydrogen-bond acceptors (Lipinski definition) is 2. The molecule has 116 valence electrons. The molecule has 0 atom stereocenters. The Kier molecular flexibility index (Phi) is 4.31. The monoisotopic (exact) mass is 342 g/mol. The van der Waals surface area contributed by atoms with E-state index in [1.807, 2.05) is 11.4 Å². The molecule has 7 heteroatoms. The van der Waals surface area contributed by atoms with Crippen LogP contribution in [-0.2, 0) is 13.0 Å². The van der Waals surface area contributed by atoms with Gasteiger partial charge in [0.2, 0.25) is 0 Å². The molecular weight excluding hydrogens is 330 g/mol. The Morgan fingerprint density at radius 2 is 2.18 bits per heavy atom. The molecule has 0 bridgehead atoms. The lowest BCUT2D eigenvalue weighted by Gasteiger charge is -2.27. The summed E-state index contributed by atoms with van der Waals surface area (Å²) in [5.74, 6) is 0. The number of hydrogen-bond donors (Lipinski definition) is 1. The third-order valence-corrected chi connectivity index (χ3v) is 5.04. The first-order valence-corrected chi connectivity index (χ1v) is 7.99. The van der Waals surface area contributed by atoms with Crippen molar-refractivity contribution in [2.24, 2.45) is 0 Å². The SMILES string of the molecule is O=C(Nc1cccc(C(F)F)c1Cl)N1CCc2sccc2C1. The molecule has 1 N–H and O–H groups in total. The largest absolute Gasteiger partial charge is 0.322 e. The third kappa shape index (κ3) is 2.94. The van der Waals surface area contributed by atoms with Gasteiger partial charge in [0, 0.05) is 23.5 Å². The van der Waals surface area contributed by atoms with Gasteiger partial charge < -0.3 is 10.2 Å². The van der Waals surface area contributed by atoms with Crippen molar-refractivity contribution in [3.63, 3.8) is 0 Å². The molecule has 2 heterocycles. The maximum Gasteiger partial charge on any atom is 0.322 e. The quantitative estimate of drug-likeness (QED) is 0.824. The fraction of sp³-hybridized carbons (Fsp3) is 0.267.